The van der Waals surface area contributed by atoms with Gasteiger partial charge in [0.25, 0.3) is 5.91 Å². The van der Waals surface area contributed by atoms with Crippen molar-refractivity contribution in [2.24, 2.45) is 5.73 Å². The van der Waals surface area contributed by atoms with Gasteiger partial charge in [-0.2, -0.15) is 0 Å². The molecule has 0 aliphatic rings. The van der Waals surface area contributed by atoms with Gasteiger partial charge in [-0.1, -0.05) is 12.1 Å². The minimum Gasteiger partial charge on any atom is -0.508 e. The Morgan fingerprint density at radius 2 is 2.05 bits per heavy atom. The van der Waals surface area contributed by atoms with Crippen LogP contribution in [0.1, 0.15) is 15.9 Å². The second-order valence-corrected chi connectivity index (χ2v) is 4.59. The van der Waals surface area contributed by atoms with Crippen LogP contribution >= 0.6 is 0 Å². The van der Waals surface area contributed by atoms with E-state index in [1.54, 1.807) is 31.2 Å². The van der Waals surface area contributed by atoms with Crippen molar-refractivity contribution in [3.05, 3.63) is 53.6 Å². The number of carbonyl (C=O) groups is 1. The van der Waals surface area contributed by atoms with Gasteiger partial charge in [-0.15, -0.1) is 0 Å². The Hall–Kier alpha value is -2.53. The highest BCUT2D eigenvalue weighted by molar-refractivity contribution is 6.05. The fourth-order valence-electron chi connectivity index (χ4n) is 1.86. The van der Waals surface area contributed by atoms with E-state index in [1.165, 1.54) is 6.07 Å². The maximum atomic E-state index is 12.2. The number of benzene rings is 2. The molecule has 5 heteroatoms. The molecular weight excluding hydrogens is 268 g/mol. The summed E-state index contributed by atoms with van der Waals surface area (Å²) in [5.41, 5.74) is 7.12. The predicted octanol–water partition coefficient (Wildman–Crippen LogP) is 2.29. The average Bonchev–Trinajstić information content (AvgIpc) is 2.49. The van der Waals surface area contributed by atoms with E-state index in [0.717, 1.165) is 0 Å². The van der Waals surface area contributed by atoms with Crippen LogP contribution in [0.5, 0.6) is 11.5 Å². The predicted molar refractivity (Wildman–Crippen MR) is 81.8 cm³/mol. The Bertz CT molecular complexity index is 641. The maximum absolute atomic E-state index is 12.2. The largest absolute Gasteiger partial charge is 0.508 e. The van der Waals surface area contributed by atoms with Gasteiger partial charge in [-0.05, 0) is 42.8 Å². The highest BCUT2D eigenvalue weighted by atomic mass is 16.5. The van der Waals surface area contributed by atoms with Crippen LogP contribution in [0.3, 0.4) is 0 Å². The van der Waals surface area contributed by atoms with Crippen molar-refractivity contribution < 1.29 is 14.6 Å². The Kier molecular flexibility index (Phi) is 4.79. The summed E-state index contributed by atoms with van der Waals surface area (Å²) in [6.07, 6.45) is 0. The molecule has 0 heterocycles. The third-order valence-electron chi connectivity index (χ3n) is 2.97. The van der Waals surface area contributed by atoms with E-state index in [1.807, 2.05) is 12.1 Å². The number of hydrogen-bond donors (Lipinski definition) is 3. The number of anilines is 1. The summed E-state index contributed by atoms with van der Waals surface area (Å²) in [7, 11) is 0. The minimum atomic E-state index is -0.262. The van der Waals surface area contributed by atoms with E-state index in [-0.39, 0.29) is 11.7 Å². The molecule has 0 saturated heterocycles. The number of hydrogen-bond acceptors (Lipinski definition) is 4. The molecule has 0 aromatic heterocycles. The van der Waals surface area contributed by atoms with E-state index < -0.39 is 0 Å². The number of nitrogens with two attached hydrogens (primary N) is 1. The van der Waals surface area contributed by atoms with Crippen molar-refractivity contribution in [2.45, 2.75) is 6.92 Å². The molecule has 5 nitrogen and oxygen atoms in total. The third-order valence-corrected chi connectivity index (χ3v) is 2.97. The number of ether oxygens (including phenoxy) is 1. The smallest absolute Gasteiger partial charge is 0.255 e. The van der Waals surface area contributed by atoms with E-state index in [2.05, 4.69) is 5.32 Å². The van der Waals surface area contributed by atoms with E-state index >= 15 is 0 Å². The number of phenols is 1. The van der Waals surface area contributed by atoms with Gasteiger partial charge in [0, 0.05) is 12.1 Å². The first kappa shape index (κ1) is 14.9. The topological polar surface area (TPSA) is 84.6 Å². The van der Waals surface area contributed by atoms with Crippen LogP contribution in [0.4, 0.5) is 5.69 Å². The molecule has 2 aromatic rings. The molecule has 21 heavy (non-hydrogen) atoms. The zero-order chi connectivity index (χ0) is 15.2. The van der Waals surface area contributed by atoms with Crippen LogP contribution in [0.25, 0.3) is 0 Å². The second kappa shape index (κ2) is 6.76. The Labute approximate surface area is 123 Å². The lowest BCUT2D eigenvalue weighted by molar-refractivity contribution is 0.102. The summed E-state index contributed by atoms with van der Waals surface area (Å²) in [6.45, 7) is 2.52. The summed E-state index contributed by atoms with van der Waals surface area (Å²) in [4.78, 5) is 12.2. The summed E-state index contributed by atoms with van der Waals surface area (Å²) in [5, 5.41) is 12.3. The van der Waals surface area contributed by atoms with Gasteiger partial charge in [0.15, 0.2) is 0 Å². The van der Waals surface area contributed by atoms with Crippen LogP contribution in [0.15, 0.2) is 42.5 Å². The molecule has 4 N–H and O–H groups in total. The molecule has 2 rings (SSSR count). The van der Waals surface area contributed by atoms with Crippen molar-refractivity contribution in [1.82, 2.24) is 0 Å². The van der Waals surface area contributed by atoms with E-state index in [9.17, 15) is 9.90 Å². The normalized spacial score (nSPS) is 10.2. The monoisotopic (exact) mass is 286 g/mol. The molecule has 0 unspecified atom stereocenters. The van der Waals surface area contributed by atoms with Gasteiger partial charge in [-0.25, -0.2) is 0 Å². The fourth-order valence-corrected chi connectivity index (χ4v) is 1.86. The summed E-state index contributed by atoms with van der Waals surface area (Å²) in [5.74, 6) is 0.479. The molecule has 0 bridgehead atoms. The number of aromatic hydroxyl groups is 1. The van der Waals surface area contributed by atoms with Crippen molar-refractivity contribution in [1.29, 1.82) is 0 Å². The zero-order valence-electron chi connectivity index (χ0n) is 11.8. The van der Waals surface area contributed by atoms with Gasteiger partial charge in [0.2, 0.25) is 0 Å². The zero-order valence-corrected chi connectivity index (χ0v) is 11.8. The van der Waals surface area contributed by atoms with Gasteiger partial charge >= 0.3 is 0 Å². The van der Waals surface area contributed by atoms with E-state index in [4.69, 9.17) is 10.5 Å². The molecule has 0 spiro atoms. The Morgan fingerprint density at radius 1 is 1.29 bits per heavy atom. The number of aryl methyl sites for hydroxylation is 1. The van der Waals surface area contributed by atoms with Gasteiger partial charge in [0.05, 0.1) is 5.69 Å². The number of carbonyl (C=O) groups excluding carboxylic acids is 1. The number of amides is 1. The van der Waals surface area contributed by atoms with Crippen molar-refractivity contribution in [3.8, 4) is 11.5 Å². The van der Waals surface area contributed by atoms with Gasteiger partial charge in [-0.3, -0.25) is 4.79 Å². The summed E-state index contributed by atoms with van der Waals surface area (Å²) in [6, 6.07) is 11.9. The first-order valence-corrected chi connectivity index (χ1v) is 6.64. The molecule has 0 radical (unpaired) electrons. The molecule has 110 valence electrons. The van der Waals surface area contributed by atoms with Gasteiger partial charge in [0.1, 0.15) is 18.1 Å². The summed E-state index contributed by atoms with van der Waals surface area (Å²) < 4.78 is 5.49. The lowest BCUT2D eigenvalue weighted by Gasteiger charge is -2.12. The Morgan fingerprint density at radius 3 is 2.76 bits per heavy atom. The lowest BCUT2D eigenvalue weighted by Crippen LogP contribution is -2.15. The number of para-hydroxylation sites is 2. The standard InChI is InChI=1S/C16H18N2O3/c1-11-10-12(6-7-14(11)19)16(20)18-13-4-2-3-5-15(13)21-9-8-17/h2-7,10,19H,8-9,17H2,1H3,(H,18,20). The lowest BCUT2D eigenvalue weighted by atomic mass is 10.1. The molecule has 0 saturated carbocycles. The molecular formula is C16H18N2O3. The third kappa shape index (κ3) is 3.73. The highest BCUT2D eigenvalue weighted by Crippen LogP contribution is 2.25. The molecule has 0 fully saturated rings. The minimum absolute atomic E-state index is 0.165. The van der Waals surface area contributed by atoms with Crippen LogP contribution in [-0.2, 0) is 0 Å². The van der Waals surface area contributed by atoms with Crippen LogP contribution in [-0.4, -0.2) is 24.2 Å². The van der Waals surface area contributed by atoms with Crippen LogP contribution in [0.2, 0.25) is 0 Å². The van der Waals surface area contributed by atoms with Crippen molar-refractivity contribution >= 4 is 11.6 Å². The van der Waals surface area contributed by atoms with Crippen LogP contribution in [0, 0.1) is 6.92 Å². The molecule has 0 aliphatic carbocycles. The first-order chi connectivity index (χ1) is 10.1. The first-order valence-electron chi connectivity index (χ1n) is 6.64. The second-order valence-electron chi connectivity index (χ2n) is 4.59. The quantitative estimate of drug-likeness (QED) is 0.787. The Balaban J connectivity index is 2.17. The average molecular weight is 286 g/mol. The SMILES string of the molecule is Cc1cc(C(=O)Nc2ccccc2OCCN)ccc1O. The van der Waals surface area contributed by atoms with E-state index in [0.29, 0.717) is 35.7 Å². The highest BCUT2D eigenvalue weighted by Gasteiger charge is 2.10. The molecule has 0 aliphatic heterocycles. The number of phenolic OH excluding ortho intramolecular Hbond substituents is 1. The van der Waals surface area contributed by atoms with Gasteiger partial charge < -0.3 is 20.9 Å². The van der Waals surface area contributed by atoms with Crippen LogP contribution < -0.4 is 15.8 Å². The fraction of sp³-hybridized carbons (Fsp3) is 0.188. The number of nitrogens with one attached hydrogen (secondary N) is 1. The van der Waals surface area contributed by atoms with Crippen molar-refractivity contribution in [2.75, 3.05) is 18.5 Å². The number of rotatable bonds is 5. The molecule has 0 atom stereocenters. The molecule has 1 amide bonds. The molecule has 2 aromatic carbocycles. The van der Waals surface area contributed by atoms with Crippen molar-refractivity contribution in [3.63, 3.8) is 0 Å². The summed E-state index contributed by atoms with van der Waals surface area (Å²) >= 11 is 0. The maximum Gasteiger partial charge on any atom is 0.255 e.